The maximum Gasteiger partial charge on any atom is 0.310 e. The highest BCUT2D eigenvalue weighted by Crippen LogP contribution is 2.38. The van der Waals surface area contributed by atoms with E-state index in [4.69, 9.17) is 4.74 Å². The van der Waals surface area contributed by atoms with Crippen LogP contribution in [0.5, 0.6) is 5.75 Å². The number of amides is 1. The van der Waals surface area contributed by atoms with Crippen LogP contribution in [0.3, 0.4) is 0 Å². The molecule has 0 bridgehead atoms. The topological polar surface area (TPSA) is 75.6 Å². The summed E-state index contributed by atoms with van der Waals surface area (Å²) in [4.78, 5) is 24.3. The Bertz CT molecular complexity index is 589. The molecule has 1 saturated carbocycles. The largest absolute Gasteiger partial charge is 0.494 e. The summed E-state index contributed by atoms with van der Waals surface area (Å²) in [6.07, 6.45) is 5.05. The fourth-order valence-electron chi connectivity index (χ4n) is 3.41. The second-order valence-electron chi connectivity index (χ2n) is 6.63. The molecule has 0 aromatic heterocycles. The fourth-order valence-corrected chi connectivity index (χ4v) is 3.41. The lowest BCUT2D eigenvalue weighted by Gasteiger charge is -2.27. The van der Waals surface area contributed by atoms with E-state index in [0.29, 0.717) is 25.1 Å². The molecule has 0 unspecified atom stereocenters. The Balaban J connectivity index is 2.07. The molecule has 1 fully saturated rings. The smallest absolute Gasteiger partial charge is 0.310 e. The van der Waals surface area contributed by atoms with Crippen molar-refractivity contribution in [2.45, 2.75) is 58.8 Å². The van der Waals surface area contributed by atoms with Gasteiger partial charge in [-0.25, -0.2) is 0 Å². The summed E-state index contributed by atoms with van der Waals surface area (Å²) < 4.78 is 5.44. The normalized spacial score (nSPS) is 16.9. The number of carbonyl (C=O) groups excluding carboxylic acids is 1. The van der Waals surface area contributed by atoms with E-state index in [1.165, 1.54) is 0 Å². The molecule has 2 N–H and O–H groups in total. The van der Waals surface area contributed by atoms with Gasteiger partial charge in [-0.3, -0.25) is 9.59 Å². The summed E-state index contributed by atoms with van der Waals surface area (Å²) in [6.45, 7) is 4.41. The molecule has 1 amide bonds. The molecule has 1 aliphatic rings. The summed E-state index contributed by atoms with van der Waals surface area (Å²) in [5, 5.41) is 12.6. The molecule has 0 aliphatic heterocycles. The Morgan fingerprint density at radius 3 is 2.42 bits per heavy atom. The highest BCUT2D eigenvalue weighted by molar-refractivity contribution is 5.94. The number of anilines is 1. The predicted molar refractivity (Wildman–Crippen MR) is 93.4 cm³/mol. The maximum absolute atomic E-state index is 12.5. The van der Waals surface area contributed by atoms with Gasteiger partial charge in [-0.05, 0) is 50.5 Å². The number of aryl methyl sites for hydroxylation is 1. The van der Waals surface area contributed by atoms with E-state index in [0.717, 1.165) is 37.0 Å². The SMILES string of the molecule is CCOc1ccc(NC(=O)CC2(C(=O)O)CCCCCC2)c(C)c1. The zero-order chi connectivity index (χ0) is 17.6. The molecule has 0 saturated heterocycles. The molecule has 0 atom stereocenters. The van der Waals surface area contributed by atoms with Gasteiger partial charge in [0.05, 0.1) is 12.0 Å². The van der Waals surface area contributed by atoms with Gasteiger partial charge in [-0.2, -0.15) is 0 Å². The zero-order valence-corrected chi connectivity index (χ0v) is 14.6. The predicted octanol–water partition coefficient (Wildman–Crippen LogP) is 4.15. The quantitative estimate of drug-likeness (QED) is 0.767. The van der Waals surface area contributed by atoms with Gasteiger partial charge >= 0.3 is 5.97 Å². The number of hydrogen-bond donors (Lipinski definition) is 2. The number of aliphatic carboxylic acids is 1. The molecule has 0 heterocycles. The van der Waals surface area contributed by atoms with E-state index in [1.807, 2.05) is 26.0 Å². The van der Waals surface area contributed by atoms with Crippen molar-refractivity contribution < 1.29 is 19.4 Å². The Hall–Kier alpha value is -2.04. The van der Waals surface area contributed by atoms with Crippen LogP contribution < -0.4 is 10.1 Å². The number of rotatable bonds is 6. The van der Waals surface area contributed by atoms with Gasteiger partial charge in [0.2, 0.25) is 5.91 Å². The molecular formula is C19H27NO4. The van der Waals surface area contributed by atoms with Crippen LogP contribution >= 0.6 is 0 Å². The summed E-state index contributed by atoms with van der Waals surface area (Å²) in [5.74, 6) is -0.312. The minimum Gasteiger partial charge on any atom is -0.494 e. The van der Waals surface area contributed by atoms with E-state index in [9.17, 15) is 14.7 Å². The van der Waals surface area contributed by atoms with Crippen molar-refractivity contribution in [3.63, 3.8) is 0 Å². The van der Waals surface area contributed by atoms with Crippen LogP contribution in [0, 0.1) is 12.3 Å². The molecule has 5 nitrogen and oxygen atoms in total. The first-order valence-electron chi connectivity index (χ1n) is 8.73. The van der Waals surface area contributed by atoms with Gasteiger partial charge in [0.25, 0.3) is 0 Å². The van der Waals surface area contributed by atoms with E-state index >= 15 is 0 Å². The van der Waals surface area contributed by atoms with Crippen molar-refractivity contribution in [3.05, 3.63) is 23.8 Å². The number of carboxylic acids is 1. The molecule has 1 aromatic carbocycles. The van der Waals surface area contributed by atoms with Gasteiger partial charge < -0.3 is 15.2 Å². The van der Waals surface area contributed by atoms with Crippen molar-refractivity contribution in [3.8, 4) is 5.75 Å². The average Bonchev–Trinajstić information content (AvgIpc) is 2.77. The lowest BCUT2D eigenvalue weighted by atomic mass is 9.77. The van der Waals surface area contributed by atoms with E-state index < -0.39 is 11.4 Å². The van der Waals surface area contributed by atoms with Crippen LogP contribution in [0.15, 0.2) is 18.2 Å². The minimum atomic E-state index is -0.917. The third-order valence-corrected chi connectivity index (χ3v) is 4.80. The summed E-state index contributed by atoms with van der Waals surface area (Å²) in [5.41, 5.74) is 0.692. The van der Waals surface area contributed by atoms with Crippen molar-refractivity contribution >= 4 is 17.6 Å². The first kappa shape index (κ1) is 18.3. The Kier molecular flexibility index (Phi) is 6.23. The third-order valence-electron chi connectivity index (χ3n) is 4.80. The zero-order valence-electron chi connectivity index (χ0n) is 14.6. The van der Waals surface area contributed by atoms with Crippen LogP contribution in [0.1, 0.15) is 57.4 Å². The summed E-state index contributed by atoms with van der Waals surface area (Å²) in [7, 11) is 0. The van der Waals surface area contributed by atoms with Crippen molar-refractivity contribution in [1.29, 1.82) is 0 Å². The van der Waals surface area contributed by atoms with Gasteiger partial charge in [-0.1, -0.05) is 25.7 Å². The molecule has 5 heteroatoms. The Labute approximate surface area is 143 Å². The van der Waals surface area contributed by atoms with Crippen LogP contribution in [-0.2, 0) is 9.59 Å². The second-order valence-corrected chi connectivity index (χ2v) is 6.63. The average molecular weight is 333 g/mol. The number of benzene rings is 1. The van der Waals surface area contributed by atoms with Gasteiger partial charge in [0, 0.05) is 12.1 Å². The van der Waals surface area contributed by atoms with Crippen molar-refractivity contribution in [2.75, 3.05) is 11.9 Å². The Morgan fingerprint density at radius 1 is 1.21 bits per heavy atom. The number of nitrogens with one attached hydrogen (secondary N) is 1. The maximum atomic E-state index is 12.5. The molecule has 2 rings (SSSR count). The highest BCUT2D eigenvalue weighted by Gasteiger charge is 2.40. The lowest BCUT2D eigenvalue weighted by Crippen LogP contribution is -2.35. The van der Waals surface area contributed by atoms with Crippen LogP contribution in [0.2, 0.25) is 0 Å². The first-order valence-corrected chi connectivity index (χ1v) is 8.73. The van der Waals surface area contributed by atoms with Crippen LogP contribution in [-0.4, -0.2) is 23.6 Å². The number of hydrogen-bond acceptors (Lipinski definition) is 3. The fraction of sp³-hybridized carbons (Fsp3) is 0.579. The number of carbonyl (C=O) groups is 2. The third kappa shape index (κ3) is 4.49. The monoisotopic (exact) mass is 333 g/mol. The van der Waals surface area contributed by atoms with Crippen molar-refractivity contribution in [2.24, 2.45) is 5.41 Å². The molecule has 24 heavy (non-hydrogen) atoms. The molecule has 1 aromatic rings. The lowest BCUT2D eigenvalue weighted by molar-refractivity contribution is -0.152. The number of carboxylic acid groups (broad SMARTS) is 1. The molecular weight excluding hydrogens is 306 g/mol. The molecule has 1 aliphatic carbocycles. The van der Waals surface area contributed by atoms with Crippen LogP contribution in [0.25, 0.3) is 0 Å². The van der Waals surface area contributed by atoms with E-state index in [2.05, 4.69) is 5.32 Å². The standard InChI is InChI=1S/C19H27NO4/c1-3-24-15-8-9-16(14(2)12-15)20-17(21)13-19(18(22)23)10-6-4-5-7-11-19/h8-9,12H,3-7,10-11,13H2,1-2H3,(H,20,21)(H,22,23). The second kappa shape index (κ2) is 8.18. The van der Waals surface area contributed by atoms with Gasteiger partial charge in [0.1, 0.15) is 5.75 Å². The summed E-state index contributed by atoms with van der Waals surface area (Å²) >= 11 is 0. The molecule has 132 valence electrons. The Morgan fingerprint density at radius 2 is 1.88 bits per heavy atom. The van der Waals surface area contributed by atoms with Crippen molar-refractivity contribution in [1.82, 2.24) is 0 Å². The molecule has 0 radical (unpaired) electrons. The van der Waals surface area contributed by atoms with Crippen LogP contribution in [0.4, 0.5) is 5.69 Å². The van der Waals surface area contributed by atoms with E-state index in [-0.39, 0.29) is 12.3 Å². The van der Waals surface area contributed by atoms with Gasteiger partial charge in [-0.15, -0.1) is 0 Å². The molecule has 0 spiro atoms. The van der Waals surface area contributed by atoms with Gasteiger partial charge in [0.15, 0.2) is 0 Å². The minimum absolute atomic E-state index is 0.0367. The summed E-state index contributed by atoms with van der Waals surface area (Å²) in [6, 6.07) is 5.49. The first-order chi connectivity index (χ1) is 11.5. The van der Waals surface area contributed by atoms with E-state index in [1.54, 1.807) is 6.07 Å². The highest BCUT2D eigenvalue weighted by atomic mass is 16.5. The number of ether oxygens (including phenoxy) is 1.